The zero-order valence-electron chi connectivity index (χ0n) is 19.7. The Bertz CT molecular complexity index is 669. The van der Waals surface area contributed by atoms with Gasteiger partial charge in [0.05, 0.1) is 12.6 Å². The number of hydrogen-bond donors (Lipinski definition) is 2. The fourth-order valence-electron chi connectivity index (χ4n) is 4.39. The van der Waals surface area contributed by atoms with E-state index >= 15 is 0 Å². The predicted molar refractivity (Wildman–Crippen MR) is 139 cm³/mol. The second-order valence-corrected chi connectivity index (χ2v) is 9.10. The molecular formula is C24H41IN4O2. The maximum Gasteiger partial charge on any atom is 0.191 e. The number of aliphatic imine (C=N–C) groups is 1. The van der Waals surface area contributed by atoms with Crippen LogP contribution in [0.25, 0.3) is 0 Å². The number of hydrogen-bond acceptors (Lipinski definition) is 4. The lowest BCUT2D eigenvalue weighted by Crippen LogP contribution is -2.58. The monoisotopic (exact) mass is 544 g/mol. The summed E-state index contributed by atoms with van der Waals surface area (Å²) >= 11 is 0. The summed E-state index contributed by atoms with van der Waals surface area (Å²) in [5.41, 5.74) is 1.40. The van der Waals surface area contributed by atoms with Crippen LogP contribution in [0.1, 0.15) is 58.1 Å². The van der Waals surface area contributed by atoms with Crippen LogP contribution in [0, 0.1) is 5.92 Å². The topological polar surface area (TPSA) is 58.1 Å². The number of halogens is 1. The van der Waals surface area contributed by atoms with Crippen LogP contribution in [-0.2, 0) is 4.74 Å². The van der Waals surface area contributed by atoms with Crippen LogP contribution in [-0.4, -0.2) is 62.9 Å². The second kappa shape index (κ2) is 12.8. The van der Waals surface area contributed by atoms with Gasteiger partial charge in [-0.05, 0) is 69.3 Å². The summed E-state index contributed by atoms with van der Waals surface area (Å²) in [7, 11) is 1.84. The lowest BCUT2D eigenvalue weighted by Gasteiger charge is -2.45. The Balaban J connectivity index is 0.00000341. The fourth-order valence-corrected chi connectivity index (χ4v) is 4.39. The van der Waals surface area contributed by atoms with E-state index in [4.69, 9.17) is 9.47 Å². The second-order valence-electron chi connectivity index (χ2n) is 9.10. The molecule has 1 unspecified atom stereocenters. The molecule has 2 aliphatic heterocycles. The van der Waals surface area contributed by atoms with Crippen LogP contribution in [0.3, 0.4) is 0 Å². The van der Waals surface area contributed by atoms with Crippen LogP contribution in [0.4, 0.5) is 0 Å². The molecule has 0 saturated carbocycles. The van der Waals surface area contributed by atoms with Crippen molar-refractivity contribution in [3.63, 3.8) is 0 Å². The molecule has 2 saturated heterocycles. The first kappa shape index (κ1) is 26.2. The molecule has 0 amide bonds. The van der Waals surface area contributed by atoms with Gasteiger partial charge in [-0.15, -0.1) is 24.0 Å². The maximum absolute atomic E-state index is 5.80. The van der Waals surface area contributed by atoms with Crippen molar-refractivity contribution in [3.8, 4) is 5.75 Å². The van der Waals surface area contributed by atoms with Gasteiger partial charge in [-0.25, -0.2) is 0 Å². The first-order valence-corrected chi connectivity index (χ1v) is 11.6. The van der Waals surface area contributed by atoms with Crippen molar-refractivity contribution in [2.24, 2.45) is 10.9 Å². The summed E-state index contributed by atoms with van der Waals surface area (Å²) in [6, 6.07) is 8.52. The molecule has 3 rings (SSSR count). The molecule has 1 aromatic rings. The molecule has 0 spiro atoms. The summed E-state index contributed by atoms with van der Waals surface area (Å²) in [6.45, 7) is 12.3. The Labute approximate surface area is 205 Å². The van der Waals surface area contributed by atoms with E-state index in [9.17, 15) is 0 Å². The molecule has 6 nitrogen and oxygen atoms in total. The molecule has 0 aromatic heterocycles. The number of rotatable bonds is 8. The summed E-state index contributed by atoms with van der Waals surface area (Å²) in [6.07, 6.45) is 4.79. The zero-order valence-corrected chi connectivity index (χ0v) is 22.0. The smallest absolute Gasteiger partial charge is 0.191 e. The van der Waals surface area contributed by atoms with E-state index in [1.54, 1.807) is 0 Å². The molecule has 176 valence electrons. The van der Waals surface area contributed by atoms with Gasteiger partial charge in [-0.3, -0.25) is 9.89 Å². The van der Waals surface area contributed by atoms with Crippen LogP contribution in [0.2, 0.25) is 0 Å². The van der Waals surface area contributed by atoms with Crippen molar-refractivity contribution in [3.05, 3.63) is 29.8 Å². The lowest BCUT2D eigenvalue weighted by molar-refractivity contribution is -0.0164. The van der Waals surface area contributed by atoms with Crippen molar-refractivity contribution in [2.45, 2.75) is 58.0 Å². The molecular weight excluding hydrogens is 503 g/mol. The van der Waals surface area contributed by atoms with Gasteiger partial charge in [0.2, 0.25) is 0 Å². The normalized spacial score (nSPS) is 20.2. The Hall–Kier alpha value is -1.06. The van der Waals surface area contributed by atoms with Crippen molar-refractivity contribution in [1.29, 1.82) is 0 Å². The SMILES string of the molecule is CN=C(NCC1(N2CCCC2)CCOCC1)NC(C)c1ccc(OCC(C)C)cc1.I. The fraction of sp³-hybridized carbons (Fsp3) is 0.708. The molecule has 2 aliphatic rings. The Morgan fingerprint density at radius 2 is 1.77 bits per heavy atom. The highest BCUT2D eigenvalue weighted by atomic mass is 127. The number of nitrogens with zero attached hydrogens (tertiary/aromatic N) is 2. The van der Waals surface area contributed by atoms with Crippen molar-refractivity contribution >= 4 is 29.9 Å². The first-order valence-electron chi connectivity index (χ1n) is 11.6. The predicted octanol–water partition coefficient (Wildman–Crippen LogP) is 4.21. The van der Waals surface area contributed by atoms with Crippen molar-refractivity contribution in [1.82, 2.24) is 15.5 Å². The van der Waals surface area contributed by atoms with Crippen molar-refractivity contribution in [2.75, 3.05) is 46.5 Å². The minimum absolute atomic E-state index is 0. The van der Waals surface area contributed by atoms with Gasteiger partial charge in [0, 0.05) is 32.3 Å². The number of likely N-dealkylation sites (tertiary alicyclic amines) is 1. The van der Waals surface area contributed by atoms with E-state index in [2.05, 4.69) is 65.6 Å². The standard InChI is InChI=1S/C24H40N4O2.HI/c1-19(2)17-30-22-9-7-21(8-10-22)20(3)27-23(25-4)26-18-24(11-15-29-16-12-24)28-13-5-6-14-28;/h7-10,19-20H,5-6,11-18H2,1-4H3,(H2,25,26,27);1H. The van der Waals surface area contributed by atoms with E-state index in [0.29, 0.717) is 5.92 Å². The zero-order chi connectivity index (χ0) is 21.4. The van der Waals surface area contributed by atoms with Gasteiger partial charge in [0.25, 0.3) is 0 Å². The molecule has 0 bridgehead atoms. The minimum Gasteiger partial charge on any atom is -0.493 e. The number of guanidine groups is 1. The summed E-state index contributed by atoms with van der Waals surface area (Å²) in [5, 5.41) is 7.17. The highest BCUT2D eigenvalue weighted by molar-refractivity contribution is 14.0. The van der Waals surface area contributed by atoms with Gasteiger partial charge < -0.3 is 20.1 Å². The third-order valence-electron chi connectivity index (χ3n) is 6.33. The van der Waals surface area contributed by atoms with Gasteiger partial charge in [0.15, 0.2) is 5.96 Å². The largest absolute Gasteiger partial charge is 0.493 e. The number of nitrogens with one attached hydrogen (secondary N) is 2. The summed E-state index contributed by atoms with van der Waals surface area (Å²) in [4.78, 5) is 7.16. The first-order chi connectivity index (χ1) is 14.5. The van der Waals surface area contributed by atoms with E-state index in [0.717, 1.165) is 50.9 Å². The van der Waals surface area contributed by atoms with E-state index in [-0.39, 0.29) is 35.6 Å². The molecule has 1 aromatic carbocycles. The molecule has 0 aliphatic carbocycles. The third kappa shape index (κ3) is 7.49. The average molecular weight is 545 g/mol. The lowest BCUT2D eigenvalue weighted by atomic mass is 9.88. The highest BCUT2D eigenvalue weighted by Gasteiger charge is 2.39. The van der Waals surface area contributed by atoms with Crippen LogP contribution < -0.4 is 15.4 Å². The molecule has 31 heavy (non-hydrogen) atoms. The van der Waals surface area contributed by atoms with Gasteiger partial charge >= 0.3 is 0 Å². The molecule has 0 radical (unpaired) electrons. The maximum atomic E-state index is 5.80. The van der Waals surface area contributed by atoms with Gasteiger partial charge in [-0.1, -0.05) is 26.0 Å². The van der Waals surface area contributed by atoms with Crippen LogP contribution in [0.5, 0.6) is 5.75 Å². The molecule has 1 atom stereocenters. The van der Waals surface area contributed by atoms with Gasteiger partial charge in [0.1, 0.15) is 5.75 Å². The number of benzene rings is 1. The Morgan fingerprint density at radius 3 is 2.35 bits per heavy atom. The Morgan fingerprint density at radius 1 is 1.13 bits per heavy atom. The van der Waals surface area contributed by atoms with E-state index in [1.165, 1.54) is 31.5 Å². The summed E-state index contributed by atoms with van der Waals surface area (Å²) in [5.74, 6) is 2.31. The third-order valence-corrected chi connectivity index (χ3v) is 6.33. The summed E-state index contributed by atoms with van der Waals surface area (Å²) < 4.78 is 11.5. The minimum atomic E-state index is 0. The van der Waals surface area contributed by atoms with Gasteiger partial charge in [-0.2, -0.15) is 0 Å². The molecule has 2 N–H and O–H groups in total. The van der Waals surface area contributed by atoms with E-state index in [1.807, 2.05) is 7.05 Å². The Kier molecular flexibility index (Phi) is 10.9. The average Bonchev–Trinajstić information content (AvgIpc) is 3.32. The molecule has 7 heteroatoms. The van der Waals surface area contributed by atoms with Crippen LogP contribution >= 0.6 is 24.0 Å². The molecule has 2 fully saturated rings. The van der Waals surface area contributed by atoms with Crippen LogP contribution in [0.15, 0.2) is 29.3 Å². The highest BCUT2D eigenvalue weighted by Crippen LogP contribution is 2.30. The number of ether oxygens (including phenoxy) is 2. The quantitative estimate of drug-likeness (QED) is 0.292. The molecule has 2 heterocycles. The van der Waals surface area contributed by atoms with E-state index < -0.39 is 0 Å². The van der Waals surface area contributed by atoms with Crippen molar-refractivity contribution < 1.29 is 9.47 Å².